The van der Waals surface area contributed by atoms with Gasteiger partial charge in [-0.25, -0.2) is 4.68 Å². The van der Waals surface area contributed by atoms with E-state index in [1.165, 1.54) is 5.56 Å². The van der Waals surface area contributed by atoms with E-state index in [0.717, 1.165) is 28.3 Å². The molecule has 3 aromatic carbocycles. The molecule has 170 valence electrons. The molecule has 1 amide bonds. The van der Waals surface area contributed by atoms with Gasteiger partial charge in [-0.15, -0.1) is 5.10 Å². The zero-order valence-corrected chi connectivity index (χ0v) is 19.8. The number of amides is 1. The first kappa shape index (κ1) is 22.0. The summed E-state index contributed by atoms with van der Waals surface area (Å²) in [5.74, 6) is 1.25. The van der Waals surface area contributed by atoms with E-state index in [2.05, 4.69) is 22.8 Å². The molecular formula is C27H25N5OS. The minimum atomic E-state index is -0.389. The second kappa shape index (κ2) is 9.57. The van der Waals surface area contributed by atoms with Crippen molar-refractivity contribution in [3.05, 3.63) is 113 Å². The Bertz CT molecular complexity index is 1350. The highest BCUT2D eigenvalue weighted by atomic mass is 32.2. The zero-order valence-electron chi connectivity index (χ0n) is 19.0. The number of nitrogens with zero attached hydrogens (tertiary/aromatic N) is 3. The lowest BCUT2D eigenvalue weighted by Crippen LogP contribution is -2.31. The number of para-hydroxylation sites is 1. The molecule has 0 radical (unpaired) electrons. The van der Waals surface area contributed by atoms with Crippen molar-refractivity contribution in [2.24, 2.45) is 0 Å². The molecule has 4 aromatic rings. The van der Waals surface area contributed by atoms with Crippen molar-refractivity contribution < 1.29 is 4.79 Å². The van der Waals surface area contributed by atoms with Crippen LogP contribution in [0.3, 0.4) is 0 Å². The number of carbonyl (C=O) groups is 1. The van der Waals surface area contributed by atoms with Gasteiger partial charge in [0, 0.05) is 17.1 Å². The van der Waals surface area contributed by atoms with E-state index in [1.54, 1.807) is 11.8 Å². The molecule has 0 aliphatic carbocycles. The highest BCUT2D eigenvalue weighted by Crippen LogP contribution is 2.37. The van der Waals surface area contributed by atoms with Crippen molar-refractivity contribution in [2.75, 3.05) is 10.6 Å². The van der Waals surface area contributed by atoms with Crippen LogP contribution < -0.4 is 10.6 Å². The fourth-order valence-electron chi connectivity index (χ4n) is 4.06. The second-order valence-electron chi connectivity index (χ2n) is 8.18. The molecule has 2 N–H and O–H groups in total. The number of thioether (sulfide) groups is 1. The van der Waals surface area contributed by atoms with Gasteiger partial charge in [0.2, 0.25) is 11.1 Å². The molecule has 1 aliphatic heterocycles. The number of hydrogen-bond donors (Lipinski definition) is 2. The van der Waals surface area contributed by atoms with Crippen molar-refractivity contribution in [1.82, 2.24) is 14.8 Å². The van der Waals surface area contributed by atoms with Crippen LogP contribution in [0.5, 0.6) is 0 Å². The number of carbonyl (C=O) groups excluding carboxylic acids is 1. The average molecular weight is 468 g/mol. The minimum Gasteiger partial charge on any atom is -0.328 e. The molecule has 6 nitrogen and oxygen atoms in total. The van der Waals surface area contributed by atoms with Crippen LogP contribution in [0.1, 0.15) is 29.7 Å². The van der Waals surface area contributed by atoms with Crippen LogP contribution in [-0.2, 0) is 10.5 Å². The van der Waals surface area contributed by atoms with Gasteiger partial charge in [-0.05, 0) is 36.6 Å². The molecule has 0 bridgehead atoms. The molecule has 7 heteroatoms. The third kappa shape index (κ3) is 4.47. The number of rotatable bonds is 6. The Kier molecular flexibility index (Phi) is 6.18. The highest BCUT2D eigenvalue weighted by molar-refractivity contribution is 7.98. The van der Waals surface area contributed by atoms with Gasteiger partial charge < -0.3 is 10.6 Å². The predicted molar refractivity (Wildman–Crippen MR) is 137 cm³/mol. The zero-order chi connectivity index (χ0) is 23.5. The van der Waals surface area contributed by atoms with E-state index < -0.39 is 0 Å². The summed E-state index contributed by atoms with van der Waals surface area (Å²) >= 11 is 1.58. The summed E-state index contributed by atoms with van der Waals surface area (Å²) in [6.07, 6.45) is 0. The SMILES string of the molecule is CC1=C(C(=O)Nc2ccccc2C)[C@H](c2ccccc2)n2nc(SCc3ccccc3)nc2N1. The fourth-order valence-corrected chi connectivity index (χ4v) is 4.84. The van der Waals surface area contributed by atoms with Crippen LogP contribution in [0.4, 0.5) is 11.6 Å². The summed E-state index contributed by atoms with van der Waals surface area (Å²) in [5.41, 5.74) is 5.37. The Morgan fingerprint density at radius 3 is 2.38 bits per heavy atom. The van der Waals surface area contributed by atoms with Crippen molar-refractivity contribution in [3.63, 3.8) is 0 Å². The molecule has 0 fully saturated rings. The van der Waals surface area contributed by atoms with Gasteiger partial charge in [0.1, 0.15) is 6.04 Å². The lowest BCUT2D eigenvalue weighted by Gasteiger charge is -2.28. The molecule has 0 saturated carbocycles. The van der Waals surface area contributed by atoms with Crippen LogP contribution >= 0.6 is 11.8 Å². The van der Waals surface area contributed by atoms with Gasteiger partial charge in [-0.3, -0.25) is 4.79 Å². The van der Waals surface area contributed by atoms with Crippen molar-refractivity contribution in [2.45, 2.75) is 30.8 Å². The van der Waals surface area contributed by atoms with Crippen LogP contribution in [0.2, 0.25) is 0 Å². The van der Waals surface area contributed by atoms with Crippen molar-refractivity contribution >= 4 is 29.3 Å². The lowest BCUT2D eigenvalue weighted by atomic mass is 9.95. The molecule has 5 rings (SSSR count). The Balaban J connectivity index is 1.49. The molecule has 1 aliphatic rings. The first-order chi connectivity index (χ1) is 16.6. The van der Waals surface area contributed by atoms with Gasteiger partial charge in [0.15, 0.2) is 0 Å². The van der Waals surface area contributed by atoms with Crippen LogP contribution in [-0.4, -0.2) is 20.7 Å². The Morgan fingerprint density at radius 2 is 1.65 bits per heavy atom. The van der Waals surface area contributed by atoms with E-state index in [9.17, 15) is 4.79 Å². The van der Waals surface area contributed by atoms with Gasteiger partial charge >= 0.3 is 0 Å². The summed E-state index contributed by atoms with van der Waals surface area (Å²) in [5, 5.41) is 11.9. The number of nitrogens with one attached hydrogen (secondary N) is 2. The van der Waals surface area contributed by atoms with Crippen LogP contribution in [0, 0.1) is 6.92 Å². The summed E-state index contributed by atoms with van der Waals surface area (Å²) < 4.78 is 1.82. The Labute approximate surface area is 203 Å². The number of hydrogen-bond acceptors (Lipinski definition) is 5. The Morgan fingerprint density at radius 1 is 0.971 bits per heavy atom. The first-order valence-corrected chi connectivity index (χ1v) is 12.1. The number of anilines is 2. The number of fused-ring (bicyclic) bond motifs is 1. The maximum atomic E-state index is 13.6. The highest BCUT2D eigenvalue weighted by Gasteiger charge is 2.34. The average Bonchev–Trinajstić information content (AvgIpc) is 3.26. The monoisotopic (exact) mass is 467 g/mol. The third-order valence-corrected chi connectivity index (χ3v) is 6.71. The smallest absolute Gasteiger partial charge is 0.255 e. The van der Waals surface area contributed by atoms with Crippen LogP contribution in [0.15, 0.2) is 101 Å². The van der Waals surface area contributed by atoms with Crippen molar-refractivity contribution in [3.8, 4) is 0 Å². The number of allylic oxidation sites excluding steroid dienone is 1. The number of aryl methyl sites for hydroxylation is 1. The molecule has 1 atom stereocenters. The Hall–Kier alpha value is -3.84. The van der Waals surface area contributed by atoms with Crippen molar-refractivity contribution in [1.29, 1.82) is 0 Å². The maximum absolute atomic E-state index is 13.6. The normalized spacial score (nSPS) is 14.9. The van der Waals surface area contributed by atoms with E-state index in [4.69, 9.17) is 10.1 Å². The number of aromatic nitrogens is 3. The summed E-state index contributed by atoms with van der Waals surface area (Å²) in [6.45, 7) is 3.90. The standard InChI is InChI=1S/C27H25N5OS/c1-18-11-9-10-16-22(18)29-25(33)23-19(2)28-26-30-27(34-17-20-12-5-3-6-13-20)31-32(26)24(23)21-14-7-4-8-15-21/h3-16,24H,17H2,1-2H3,(H,29,33)(H,28,30,31)/t24-/m0/s1. The van der Waals surface area contributed by atoms with E-state index >= 15 is 0 Å². The molecule has 2 heterocycles. The van der Waals surface area contributed by atoms with Gasteiger partial charge in [-0.1, -0.05) is 90.6 Å². The summed E-state index contributed by atoms with van der Waals surface area (Å²) in [6, 6.07) is 27.6. The molecule has 0 saturated heterocycles. The fraction of sp³-hybridized carbons (Fsp3) is 0.148. The van der Waals surface area contributed by atoms with Gasteiger partial charge in [0.25, 0.3) is 5.91 Å². The third-order valence-electron chi connectivity index (χ3n) is 5.80. The quantitative estimate of drug-likeness (QED) is 0.350. The second-order valence-corrected chi connectivity index (χ2v) is 9.13. The predicted octanol–water partition coefficient (Wildman–Crippen LogP) is 5.81. The number of benzene rings is 3. The topological polar surface area (TPSA) is 71.8 Å². The molecule has 0 unspecified atom stereocenters. The summed E-state index contributed by atoms with van der Waals surface area (Å²) in [4.78, 5) is 18.3. The van der Waals surface area contributed by atoms with E-state index in [0.29, 0.717) is 16.7 Å². The molecule has 0 spiro atoms. The van der Waals surface area contributed by atoms with Crippen LogP contribution in [0.25, 0.3) is 0 Å². The summed E-state index contributed by atoms with van der Waals surface area (Å²) in [7, 11) is 0. The molecule has 34 heavy (non-hydrogen) atoms. The van der Waals surface area contributed by atoms with E-state index in [1.807, 2.05) is 91.3 Å². The lowest BCUT2D eigenvalue weighted by molar-refractivity contribution is -0.113. The molecular weight excluding hydrogens is 442 g/mol. The molecule has 1 aromatic heterocycles. The minimum absolute atomic E-state index is 0.159. The van der Waals surface area contributed by atoms with E-state index in [-0.39, 0.29) is 11.9 Å². The van der Waals surface area contributed by atoms with Gasteiger partial charge in [-0.2, -0.15) is 4.98 Å². The van der Waals surface area contributed by atoms with Gasteiger partial charge in [0.05, 0.1) is 5.57 Å². The first-order valence-electron chi connectivity index (χ1n) is 11.1. The largest absolute Gasteiger partial charge is 0.328 e. The maximum Gasteiger partial charge on any atom is 0.255 e.